The van der Waals surface area contributed by atoms with Gasteiger partial charge in [-0.25, -0.2) is 0 Å². The lowest BCUT2D eigenvalue weighted by Gasteiger charge is -2.40. The van der Waals surface area contributed by atoms with E-state index < -0.39 is 59.1 Å². The zero-order valence-electron chi connectivity index (χ0n) is 11.8. The Balaban J connectivity index is 2.81. The Morgan fingerprint density at radius 1 is 0.750 bits per heavy atom. The van der Waals surface area contributed by atoms with Gasteiger partial charge < -0.3 is 10.2 Å². The summed E-state index contributed by atoms with van der Waals surface area (Å²) in [4.78, 5) is 0. The highest BCUT2D eigenvalue weighted by Gasteiger charge is 2.76. The second kappa shape index (κ2) is 4.90. The highest BCUT2D eigenvalue weighted by atomic mass is 19.4. The third-order valence-electron chi connectivity index (χ3n) is 4.40. The summed E-state index contributed by atoms with van der Waals surface area (Å²) in [5, 5.41) is 19.2. The molecule has 0 aromatic carbocycles. The van der Waals surface area contributed by atoms with Crippen LogP contribution in [-0.2, 0) is 0 Å². The molecule has 0 aliphatic heterocycles. The maximum Gasteiger partial charge on any atom is 0.430 e. The van der Waals surface area contributed by atoms with Crippen LogP contribution in [0, 0.1) is 11.8 Å². The Bertz CT molecular complexity index is 578. The van der Waals surface area contributed by atoms with Gasteiger partial charge in [-0.2, -0.15) is 39.5 Å². The maximum atomic E-state index is 13.0. The van der Waals surface area contributed by atoms with Crippen molar-refractivity contribution in [1.29, 1.82) is 0 Å². The molecule has 0 saturated heterocycles. The van der Waals surface area contributed by atoms with Crippen molar-refractivity contribution in [3.63, 3.8) is 0 Å². The van der Waals surface area contributed by atoms with E-state index in [0.29, 0.717) is 0 Å². The average Bonchev–Trinajstić information content (AvgIpc) is 2.93. The van der Waals surface area contributed by atoms with Crippen LogP contribution in [0.1, 0.15) is 13.3 Å². The number of aliphatic hydroxyl groups is 2. The van der Waals surface area contributed by atoms with Crippen LogP contribution in [-0.4, -0.2) is 39.9 Å². The molecule has 2 aliphatic rings. The zero-order valence-corrected chi connectivity index (χ0v) is 11.8. The highest BCUT2D eigenvalue weighted by molar-refractivity contribution is 5.48. The minimum atomic E-state index is -6.31. The summed E-state index contributed by atoms with van der Waals surface area (Å²) < 4.78 is 117. The Morgan fingerprint density at radius 3 is 1.46 bits per heavy atom. The molecule has 0 saturated carbocycles. The fraction of sp³-hybridized carbons (Fsp3) is 0.692. The first-order valence-corrected chi connectivity index (χ1v) is 6.54. The summed E-state index contributed by atoms with van der Waals surface area (Å²) in [5.74, 6) is -3.18. The largest absolute Gasteiger partial charge is 0.430 e. The Kier molecular flexibility index (Phi) is 3.90. The van der Waals surface area contributed by atoms with E-state index in [-0.39, 0.29) is 6.92 Å². The molecule has 0 fully saturated rings. The monoisotopic (exact) mass is 370 g/mol. The van der Waals surface area contributed by atoms with Crippen molar-refractivity contribution >= 4 is 0 Å². The van der Waals surface area contributed by atoms with E-state index in [1.54, 1.807) is 0 Å². The van der Waals surface area contributed by atoms with E-state index in [0.717, 1.165) is 12.2 Å². The fourth-order valence-electron chi connectivity index (χ4n) is 3.23. The van der Waals surface area contributed by atoms with Gasteiger partial charge in [-0.05, 0) is 24.5 Å². The van der Waals surface area contributed by atoms with Crippen molar-refractivity contribution in [3.8, 4) is 0 Å². The standard InChI is InChI=1S/C13H11F9O2/c1-9(23,11(14,15)16)7-5-2-3-6(4-5)8(7)10(24,12(17,18)19)13(20,21)22/h2-3,5-6,23-24H,4H2,1H3. The first-order valence-electron chi connectivity index (χ1n) is 6.54. The van der Waals surface area contributed by atoms with Crippen LogP contribution in [0.2, 0.25) is 0 Å². The van der Waals surface area contributed by atoms with Gasteiger partial charge >= 0.3 is 18.5 Å². The SMILES string of the molecule is CC(O)(C1=C(C(O)(C(F)(F)F)C(F)(F)F)C2C=CC1C2)C(F)(F)F. The van der Waals surface area contributed by atoms with Crippen LogP contribution in [0.4, 0.5) is 39.5 Å². The molecule has 0 aromatic rings. The molecule has 11 heteroatoms. The van der Waals surface area contributed by atoms with Crippen LogP contribution in [0.15, 0.2) is 23.3 Å². The third-order valence-corrected chi connectivity index (χ3v) is 4.40. The lowest BCUT2D eigenvalue weighted by molar-refractivity contribution is -0.354. The minimum absolute atomic E-state index is 0.0735. The molecule has 3 unspecified atom stereocenters. The maximum absolute atomic E-state index is 13.0. The van der Waals surface area contributed by atoms with E-state index in [4.69, 9.17) is 0 Å². The zero-order chi connectivity index (χ0) is 18.9. The molecular weight excluding hydrogens is 359 g/mol. The van der Waals surface area contributed by atoms with Crippen molar-refractivity contribution in [2.45, 2.75) is 43.1 Å². The number of halogens is 9. The van der Waals surface area contributed by atoms with Gasteiger partial charge in [0, 0.05) is 11.8 Å². The molecule has 2 N–H and O–H groups in total. The van der Waals surface area contributed by atoms with E-state index in [2.05, 4.69) is 0 Å². The van der Waals surface area contributed by atoms with Crippen LogP contribution >= 0.6 is 0 Å². The Morgan fingerprint density at radius 2 is 1.12 bits per heavy atom. The lowest BCUT2D eigenvalue weighted by Crippen LogP contribution is -2.60. The van der Waals surface area contributed by atoms with E-state index in [1.807, 2.05) is 0 Å². The number of allylic oxidation sites excluding steroid dienone is 2. The van der Waals surface area contributed by atoms with Crippen molar-refractivity contribution in [3.05, 3.63) is 23.3 Å². The minimum Gasteiger partial charge on any atom is -0.377 e. The van der Waals surface area contributed by atoms with Gasteiger partial charge in [0.05, 0.1) is 0 Å². The van der Waals surface area contributed by atoms with Crippen molar-refractivity contribution in [2.75, 3.05) is 0 Å². The second-order valence-electron chi connectivity index (χ2n) is 5.94. The van der Waals surface area contributed by atoms with Crippen molar-refractivity contribution < 1.29 is 49.7 Å². The van der Waals surface area contributed by atoms with Gasteiger partial charge in [0.1, 0.15) is 0 Å². The molecule has 0 radical (unpaired) electrons. The van der Waals surface area contributed by atoms with Gasteiger partial charge in [-0.1, -0.05) is 12.2 Å². The van der Waals surface area contributed by atoms with Gasteiger partial charge in [-0.3, -0.25) is 0 Å². The summed E-state index contributed by atoms with van der Waals surface area (Å²) in [6.07, 6.45) is -16.8. The molecule has 0 heterocycles. The third kappa shape index (κ3) is 2.35. The van der Waals surface area contributed by atoms with Crippen molar-refractivity contribution in [1.82, 2.24) is 0 Å². The molecule has 24 heavy (non-hydrogen) atoms. The van der Waals surface area contributed by atoms with E-state index in [1.165, 1.54) is 0 Å². The predicted molar refractivity (Wildman–Crippen MR) is 61.5 cm³/mol. The van der Waals surface area contributed by atoms with Gasteiger partial charge in [0.15, 0.2) is 5.60 Å². The fourth-order valence-corrected chi connectivity index (χ4v) is 3.23. The molecule has 0 spiro atoms. The molecule has 2 bridgehead atoms. The van der Waals surface area contributed by atoms with Crippen LogP contribution in [0.5, 0.6) is 0 Å². The smallest absolute Gasteiger partial charge is 0.377 e. The molecule has 138 valence electrons. The molecule has 2 nitrogen and oxygen atoms in total. The number of hydrogen-bond donors (Lipinski definition) is 2. The van der Waals surface area contributed by atoms with E-state index >= 15 is 0 Å². The summed E-state index contributed by atoms with van der Waals surface area (Å²) in [5.41, 5.74) is -12.8. The quantitative estimate of drug-likeness (QED) is 0.576. The van der Waals surface area contributed by atoms with E-state index in [9.17, 15) is 49.7 Å². The summed E-state index contributed by atoms with van der Waals surface area (Å²) >= 11 is 0. The van der Waals surface area contributed by atoms with Gasteiger partial charge in [0.2, 0.25) is 0 Å². The van der Waals surface area contributed by atoms with Crippen LogP contribution in [0.25, 0.3) is 0 Å². The molecule has 2 rings (SSSR count). The topological polar surface area (TPSA) is 40.5 Å². The van der Waals surface area contributed by atoms with Gasteiger partial charge in [0.25, 0.3) is 5.60 Å². The number of rotatable bonds is 2. The highest BCUT2D eigenvalue weighted by Crippen LogP contribution is 2.60. The Labute approximate surface area is 129 Å². The molecule has 0 aromatic heterocycles. The summed E-state index contributed by atoms with van der Waals surface area (Å²) in [7, 11) is 0. The lowest BCUT2D eigenvalue weighted by atomic mass is 9.76. The second-order valence-corrected chi connectivity index (χ2v) is 5.94. The summed E-state index contributed by atoms with van der Waals surface area (Å²) in [6.45, 7) is 0.0735. The summed E-state index contributed by atoms with van der Waals surface area (Å²) in [6, 6.07) is 0. The van der Waals surface area contributed by atoms with Crippen LogP contribution < -0.4 is 0 Å². The van der Waals surface area contributed by atoms with Crippen molar-refractivity contribution in [2.24, 2.45) is 11.8 Å². The van der Waals surface area contributed by atoms with Gasteiger partial charge in [-0.15, -0.1) is 0 Å². The molecule has 3 atom stereocenters. The Hall–Kier alpha value is -1.23. The first-order chi connectivity index (χ1) is 10.5. The first kappa shape index (κ1) is 19.1. The number of fused-ring (bicyclic) bond motifs is 2. The average molecular weight is 370 g/mol. The molecular formula is C13H11F9O2. The van der Waals surface area contributed by atoms with Crippen LogP contribution in [0.3, 0.4) is 0 Å². The molecule has 2 aliphatic carbocycles. The predicted octanol–water partition coefficient (Wildman–Crippen LogP) is 3.66. The number of hydrogen-bond acceptors (Lipinski definition) is 2. The molecule has 0 amide bonds. The number of alkyl halides is 9. The normalized spacial score (nSPS) is 27.8.